The second kappa shape index (κ2) is 8.60. The van der Waals surface area contributed by atoms with E-state index in [0.29, 0.717) is 0 Å². The van der Waals surface area contributed by atoms with Gasteiger partial charge < -0.3 is 9.47 Å². The number of rotatable bonds is 7. The van der Waals surface area contributed by atoms with Crippen molar-refractivity contribution in [3.8, 4) is 11.4 Å². The van der Waals surface area contributed by atoms with E-state index < -0.39 is 0 Å². The number of hydrogen-bond donors (Lipinski definition) is 0. The maximum atomic E-state index is 6.24. The Balaban J connectivity index is 1.75. The van der Waals surface area contributed by atoms with Gasteiger partial charge >= 0.3 is 0 Å². The average Bonchev–Trinajstić information content (AvgIpc) is 3.03. The minimum atomic E-state index is 0.770. The van der Waals surface area contributed by atoms with Crippen molar-refractivity contribution in [2.45, 2.75) is 24.8 Å². The molecule has 0 saturated heterocycles. The molecular weight excluding hydrogens is 364 g/mol. The molecule has 0 radical (unpaired) electrons. The van der Waals surface area contributed by atoms with Crippen molar-refractivity contribution in [3.63, 3.8) is 0 Å². The molecule has 1 heterocycles. The number of thioether (sulfide) groups is 1. The first-order valence-electron chi connectivity index (χ1n) is 8.75. The summed E-state index contributed by atoms with van der Waals surface area (Å²) in [5.41, 5.74) is 3.40. The first-order chi connectivity index (χ1) is 12.6. The monoisotopic (exact) mass is 386 g/mol. The molecule has 4 nitrogen and oxygen atoms in total. The van der Waals surface area contributed by atoms with Crippen LogP contribution in [0.3, 0.4) is 0 Å². The van der Waals surface area contributed by atoms with Crippen molar-refractivity contribution in [1.29, 1.82) is 0 Å². The van der Waals surface area contributed by atoms with Crippen LogP contribution in [0.2, 0.25) is 5.02 Å². The maximum Gasteiger partial charge on any atom is 0.191 e. The summed E-state index contributed by atoms with van der Waals surface area (Å²) in [6.07, 6.45) is 0. The molecular formula is C20H23ClN4S. The van der Waals surface area contributed by atoms with Gasteiger partial charge in [-0.1, -0.05) is 41.6 Å². The fraction of sp³-hybridized carbons (Fsp3) is 0.300. The van der Waals surface area contributed by atoms with Crippen LogP contribution in [0.1, 0.15) is 19.4 Å². The van der Waals surface area contributed by atoms with E-state index in [0.717, 1.165) is 46.0 Å². The van der Waals surface area contributed by atoms with Crippen LogP contribution in [0.4, 0.5) is 5.69 Å². The average molecular weight is 387 g/mol. The van der Waals surface area contributed by atoms with Crippen molar-refractivity contribution in [2.75, 3.05) is 18.0 Å². The molecule has 1 aromatic heterocycles. The molecule has 0 aliphatic heterocycles. The van der Waals surface area contributed by atoms with Crippen molar-refractivity contribution in [1.82, 2.24) is 14.8 Å². The van der Waals surface area contributed by atoms with Gasteiger partial charge in [0.25, 0.3) is 0 Å². The lowest BCUT2D eigenvalue weighted by Crippen LogP contribution is -2.21. The van der Waals surface area contributed by atoms with Crippen molar-refractivity contribution in [3.05, 3.63) is 59.1 Å². The Labute approximate surface area is 164 Å². The Morgan fingerprint density at radius 1 is 1.00 bits per heavy atom. The molecule has 0 spiro atoms. The Morgan fingerprint density at radius 2 is 1.69 bits per heavy atom. The van der Waals surface area contributed by atoms with Gasteiger partial charge in [-0.2, -0.15) is 0 Å². The number of benzene rings is 2. The number of aromatic nitrogens is 3. The molecule has 0 bridgehead atoms. The SMILES string of the molecule is CCN(CC)c1ccc(-c2nnc(SCc3ccccc3Cl)n2C)cc1. The second-order valence-corrected chi connectivity index (χ2v) is 7.31. The minimum absolute atomic E-state index is 0.770. The van der Waals surface area contributed by atoms with Gasteiger partial charge in [0.15, 0.2) is 11.0 Å². The zero-order valence-electron chi connectivity index (χ0n) is 15.3. The summed E-state index contributed by atoms with van der Waals surface area (Å²) < 4.78 is 2.04. The third kappa shape index (κ3) is 4.05. The fourth-order valence-corrected chi connectivity index (χ4v) is 4.06. The number of anilines is 1. The Hall–Kier alpha value is -1.98. The van der Waals surface area contributed by atoms with E-state index in [1.807, 2.05) is 35.9 Å². The van der Waals surface area contributed by atoms with E-state index in [1.165, 1.54) is 5.69 Å². The van der Waals surface area contributed by atoms with E-state index in [4.69, 9.17) is 11.6 Å². The highest BCUT2D eigenvalue weighted by Gasteiger charge is 2.12. The number of hydrogen-bond acceptors (Lipinski definition) is 4. The zero-order valence-corrected chi connectivity index (χ0v) is 16.9. The highest BCUT2D eigenvalue weighted by Crippen LogP contribution is 2.28. The second-order valence-electron chi connectivity index (χ2n) is 5.96. The van der Waals surface area contributed by atoms with Gasteiger partial charge in [-0.3, -0.25) is 0 Å². The Bertz CT molecular complexity index is 857. The summed E-state index contributed by atoms with van der Waals surface area (Å²) >= 11 is 7.88. The lowest BCUT2D eigenvalue weighted by molar-refractivity contribution is 0.793. The van der Waals surface area contributed by atoms with Crippen LogP contribution in [0.25, 0.3) is 11.4 Å². The van der Waals surface area contributed by atoms with Gasteiger partial charge in [-0.25, -0.2) is 0 Å². The summed E-state index contributed by atoms with van der Waals surface area (Å²) in [6, 6.07) is 16.4. The fourth-order valence-electron chi connectivity index (χ4n) is 2.86. The molecule has 136 valence electrons. The third-order valence-electron chi connectivity index (χ3n) is 4.40. The van der Waals surface area contributed by atoms with Crippen molar-refractivity contribution < 1.29 is 0 Å². The van der Waals surface area contributed by atoms with Crippen LogP contribution in [0.15, 0.2) is 53.7 Å². The topological polar surface area (TPSA) is 34.0 Å². The van der Waals surface area contributed by atoms with E-state index in [2.05, 4.69) is 53.2 Å². The van der Waals surface area contributed by atoms with Gasteiger partial charge in [-0.15, -0.1) is 10.2 Å². The first kappa shape index (κ1) is 18.8. The van der Waals surface area contributed by atoms with E-state index in [9.17, 15) is 0 Å². The molecule has 0 aliphatic rings. The largest absolute Gasteiger partial charge is 0.372 e. The number of halogens is 1. The van der Waals surface area contributed by atoms with Crippen LogP contribution in [-0.4, -0.2) is 27.9 Å². The molecule has 2 aromatic carbocycles. The predicted molar refractivity (Wildman–Crippen MR) is 111 cm³/mol. The Morgan fingerprint density at radius 3 is 2.35 bits per heavy atom. The number of nitrogens with zero attached hydrogens (tertiary/aromatic N) is 4. The summed E-state index contributed by atoms with van der Waals surface area (Å²) in [4.78, 5) is 2.32. The van der Waals surface area contributed by atoms with Crippen LogP contribution >= 0.6 is 23.4 Å². The minimum Gasteiger partial charge on any atom is -0.372 e. The van der Waals surface area contributed by atoms with E-state index in [-0.39, 0.29) is 0 Å². The normalized spacial score (nSPS) is 10.9. The summed E-state index contributed by atoms with van der Waals surface area (Å²) in [7, 11) is 2.00. The maximum absolute atomic E-state index is 6.24. The van der Waals surface area contributed by atoms with E-state index >= 15 is 0 Å². The smallest absolute Gasteiger partial charge is 0.191 e. The molecule has 0 atom stereocenters. The highest BCUT2D eigenvalue weighted by atomic mass is 35.5. The van der Waals surface area contributed by atoms with Gasteiger partial charge in [0, 0.05) is 42.2 Å². The van der Waals surface area contributed by atoms with Crippen LogP contribution in [0, 0.1) is 0 Å². The highest BCUT2D eigenvalue weighted by molar-refractivity contribution is 7.98. The zero-order chi connectivity index (χ0) is 18.5. The molecule has 26 heavy (non-hydrogen) atoms. The molecule has 0 fully saturated rings. The standard InChI is InChI=1S/C20H23ClN4S/c1-4-25(5-2)17-12-10-15(11-13-17)19-22-23-20(24(19)3)26-14-16-8-6-7-9-18(16)21/h6-13H,4-5,14H2,1-3H3. The quantitative estimate of drug-likeness (QED) is 0.518. The van der Waals surface area contributed by atoms with Gasteiger partial charge in [0.2, 0.25) is 0 Å². The van der Waals surface area contributed by atoms with Gasteiger partial charge in [0.1, 0.15) is 0 Å². The molecule has 0 aliphatic carbocycles. The summed E-state index contributed by atoms with van der Waals surface area (Å²) in [6.45, 7) is 6.34. The van der Waals surface area contributed by atoms with Gasteiger partial charge in [0.05, 0.1) is 0 Å². The van der Waals surface area contributed by atoms with E-state index in [1.54, 1.807) is 11.8 Å². The lowest BCUT2D eigenvalue weighted by Gasteiger charge is -2.21. The predicted octanol–water partition coefficient (Wildman–Crippen LogP) is 5.27. The van der Waals surface area contributed by atoms with Crippen LogP contribution < -0.4 is 4.90 Å². The molecule has 6 heteroatoms. The molecule has 3 rings (SSSR count). The lowest BCUT2D eigenvalue weighted by atomic mass is 10.2. The summed E-state index contributed by atoms with van der Waals surface area (Å²) in [5.74, 6) is 1.64. The molecule has 0 N–H and O–H groups in total. The van der Waals surface area contributed by atoms with Crippen LogP contribution in [0.5, 0.6) is 0 Å². The van der Waals surface area contributed by atoms with Crippen molar-refractivity contribution in [2.24, 2.45) is 7.05 Å². The first-order valence-corrected chi connectivity index (χ1v) is 10.1. The summed E-state index contributed by atoms with van der Waals surface area (Å²) in [5, 5.41) is 10.4. The molecule has 0 saturated carbocycles. The molecule has 0 unspecified atom stereocenters. The van der Waals surface area contributed by atoms with Crippen molar-refractivity contribution >= 4 is 29.1 Å². The molecule has 3 aromatic rings. The van der Waals surface area contributed by atoms with Crippen LogP contribution in [-0.2, 0) is 12.8 Å². The Kier molecular flexibility index (Phi) is 6.22. The third-order valence-corrected chi connectivity index (χ3v) is 5.84. The molecule has 0 amide bonds. The van der Waals surface area contributed by atoms with Gasteiger partial charge in [-0.05, 0) is 49.7 Å².